The van der Waals surface area contributed by atoms with Gasteiger partial charge in [0, 0.05) is 10.6 Å². The number of halogens is 1. The summed E-state index contributed by atoms with van der Waals surface area (Å²) < 4.78 is 31.0. The van der Waals surface area contributed by atoms with Crippen molar-refractivity contribution in [2.24, 2.45) is 0 Å². The second kappa shape index (κ2) is 8.84. The molecule has 1 heterocycles. The summed E-state index contributed by atoms with van der Waals surface area (Å²) in [4.78, 5) is 14.8. The van der Waals surface area contributed by atoms with Crippen LogP contribution in [0.5, 0.6) is 5.75 Å². The second-order valence-corrected chi connectivity index (χ2v) is 10.0. The SMILES string of the molecule is O=C1/C(=C\c2ccccc2OS(=O)(=O)c2ccccc2)SC(=S)N1c1cccc(Cl)c1. The van der Waals surface area contributed by atoms with Crippen LogP contribution in [0.1, 0.15) is 5.56 Å². The van der Waals surface area contributed by atoms with E-state index in [4.69, 9.17) is 28.0 Å². The van der Waals surface area contributed by atoms with Gasteiger partial charge in [-0.05, 0) is 42.5 Å². The summed E-state index contributed by atoms with van der Waals surface area (Å²) in [6, 6.07) is 21.3. The molecule has 1 fully saturated rings. The van der Waals surface area contributed by atoms with E-state index >= 15 is 0 Å². The minimum absolute atomic E-state index is 0.0390. The molecule has 0 saturated carbocycles. The maximum absolute atomic E-state index is 13.0. The molecule has 1 aliphatic heterocycles. The zero-order valence-corrected chi connectivity index (χ0v) is 19.0. The Balaban J connectivity index is 1.66. The Morgan fingerprint density at radius 1 is 0.968 bits per heavy atom. The van der Waals surface area contributed by atoms with E-state index in [0.717, 1.165) is 11.8 Å². The van der Waals surface area contributed by atoms with Crippen molar-refractivity contribution in [3.05, 3.63) is 94.4 Å². The fraction of sp³-hybridized carbons (Fsp3) is 0. The molecule has 1 amide bonds. The maximum Gasteiger partial charge on any atom is 0.339 e. The van der Waals surface area contributed by atoms with Crippen LogP contribution in [0.2, 0.25) is 5.02 Å². The lowest BCUT2D eigenvalue weighted by molar-refractivity contribution is -0.113. The van der Waals surface area contributed by atoms with Gasteiger partial charge in [-0.1, -0.05) is 78.0 Å². The Hall–Kier alpha value is -2.65. The summed E-state index contributed by atoms with van der Waals surface area (Å²) in [6.45, 7) is 0. The van der Waals surface area contributed by atoms with Gasteiger partial charge >= 0.3 is 10.1 Å². The van der Waals surface area contributed by atoms with Gasteiger partial charge in [0.25, 0.3) is 5.91 Å². The van der Waals surface area contributed by atoms with Crippen molar-refractivity contribution in [1.82, 2.24) is 0 Å². The predicted octanol–water partition coefficient (Wildman–Crippen LogP) is 5.51. The molecule has 3 aromatic rings. The summed E-state index contributed by atoms with van der Waals surface area (Å²) in [5, 5.41) is 0.486. The highest BCUT2D eigenvalue weighted by Crippen LogP contribution is 2.38. The van der Waals surface area contributed by atoms with Gasteiger partial charge in [-0.25, -0.2) is 0 Å². The zero-order chi connectivity index (χ0) is 22.0. The van der Waals surface area contributed by atoms with Gasteiger partial charge in [-0.2, -0.15) is 8.42 Å². The van der Waals surface area contributed by atoms with E-state index in [1.165, 1.54) is 23.1 Å². The lowest BCUT2D eigenvalue weighted by Crippen LogP contribution is -2.27. The Morgan fingerprint density at radius 3 is 2.42 bits per heavy atom. The van der Waals surface area contributed by atoms with Crippen molar-refractivity contribution in [2.45, 2.75) is 4.90 Å². The van der Waals surface area contributed by atoms with Crippen LogP contribution in [0.15, 0.2) is 88.7 Å². The monoisotopic (exact) mass is 487 g/mol. The molecule has 4 rings (SSSR count). The lowest BCUT2D eigenvalue weighted by atomic mass is 10.2. The van der Waals surface area contributed by atoms with E-state index in [1.807, 2.05) is 0 Å². The van der Waals surface area contributed by atoms with Crippen LogP contribution in [0.3, 0.4) is 0 Å². The normalized spacial score (nSPS) is 15.5. The van der Waals surface area contributed by atoms with E-state index in [1.54, 1.807) is 66.7 Å². The first-order valence-corrected chi connectivity index (χ1v) is 12.0. The van der Waals surface area contributed by atoms with Gasteiger partial charge < -0.3 is 4.18 Å². The van der Waals surface area contributed by atoms with Crippen molar-refractivity contribution >= 4 is 67.7 Å². The van der Waals surface area contributed by atoms with E-state index in [0.29, 0.717) is 25.5 Å². The average Bonchev–Trinajstić information content (AvgIpc) is 3.03. The molecule has 5 nitrogen and oxygen atoms in total. The van der Waals surface area contributed by atoms with Crippen LogP contribution >= 0.6 is 35.6 Å². The summed E-state index contributed by atoms with van der Waals surface area (Å²) in [5.74, 6) is -0.211. The molecular weight excluding hydrogens is 474 g/mol. The molecule has 0 spiro atoms. The largest absolute Gasteiger partial charge is 0.378 e. The minimum Gasteiger partial charge on any atom is -0.378 e. The first-order valence-electron chi connectivity index (χ1n) is 8.97. The maximum atomic E-state index is 13.0. The zero-order valence-electron chi connectivity index (χ0n) is 15.8. The molecule has 0 atom stereocenters. The molecule has 1 aliphatic rings. The van der Waals surface area contributed by atoms with Gasteiger partial charge in [-0.15, -0.1) is 0 Å². The number of amides is 1. The molecule has 1 saturated heterocycles. The van der Waals surface area contributed by atoms with Crippen molar-refractivity contribution < 1.29 is 17.4 Å². The first kappa shape index (κ1) is 21.6. The molecule has 3 aromatic carbocycles. The van der Waals surface area contributed by atoms with Crippen LogP contribution in [-0.2, 0) is 14.9 Å². The number of carbonyl (C=O) groups is 1. The third-order valence-electron chi connectivity index (χ3n) is 4.30. The van der Waals surface area contributed by atoms with Crippen LogP contribution in [0.25, 0.3) is 6.08 Å². The van der Waals surface area contributed by atoms with Crippen molar-refractivity contribution in [3.63, 3.8) is 0 Å². The lowest BCUT2D eigenvalue weighted by Gasteiger charge is -2.14. The topological polar surface area (TPSA) is 63.7 Å². The highest BCUT2D eigenvalue weighted by molar-refractivity contribution is 8.27. The standard InChI is InChI=1S/C22H14ClNO4S3/c23-16-8-6-9-17(14-16)24-21(25)20(30-22(24)29)13-15-7-4-5-12-19(15)28-31(26,27)18-10-2-1-3-11-18/h1-14H/b20-13+. The highest BCUT2D eigenvalue weighted by Gasteiger charge is 2.33. The molecular formula is C22H14ClNO4S3. The number of nitrogens with zero attached hydrogens (tertiary/aromatic N) is 1. The van der Waals surface area contributed by atoms with Crippen molar-refractivity contribution in [1.29, 1.82) is 0 Å². The van der Waals surface area contributed by atoms with E-state index in [-0.39, 0.29) is 16.6 Å². The third kappa shape index (κ3) is 4.67. The van der Waals surface area contributed by atoms with Gasteiger partial charge in [0.05, 0.1) is 10.6 Å². The Morgan fingerprint density at radius 2 is 1.68 bits per heavy atom. The Bertz CT molecular complexity index is 1310. The van der Waals surface area contributed by atoms with Gasteiger partial charge in [-0.3, -0.25) is 9.69 Å². The number of carbonyl (C=O) groups excluding carboxylic acids is 1. The average molecular weight is 488 g/mol. The number of thioether (sulfide) groups is 1. The molecule has 0 aromatic heterocycles. The predicted molar refractivity (Wildman–Crippen MR) is 128 cm³/mol. The fourth-order valence-electron chi connectivity index (χ4n) is 2.88. The van der Waals surface area contributed by atoms with Gasteiger partial charge in [0.2, 0.25) is 0 Å². The third-order valence-corrected chi connectivity index (χ3v) is 7.08. The summed E-state index contributed by atoms with van der Waals surface area (Å²) >= 11 is 12.5. The molecule has 0 N–H and O–H groups in total. The molecule has 156 valence electrons. The molecule has 0 unspecified atom stereocenters. The number of hydrogen-bond acceptors (Lipinski definition) is 6. The van der Waals surface area contributed by atoms with E-state index < -0.39 is 10.1 Å². The van der Waals surface area contributed by atoms with Crippen LogP contribution in [0.4, 0.5) is 5.69 Å². The quantitative estimate of drug-likeness (QED) is 0.268. The first-order chi connectivity index (χ1) is 14.8. The summed E-state index contributed by atoms with van der Waals surface area (Å²) in [5.41, 5.74) is 1.00. The summed E-state index contributed by atoms with van der Waals surface area (Å²) in [6.07, 6.45) is 1.57. The van der Waals surface area contributed by atoms with Gasteiger partial charge in [0.1, 0.15) is 10.6 Å². The Labute approximate surface area is 194 Å². The van der Waals surface area contributed by atoms with Crippen molar-refractivity contribution in [3.8, 4) is 5.75 Å². The number of hydrogen-bond donors (Lipinski definition) is 0. The molecule has 0 radical (unpaired) electrons. The highest BCUT2D eigenvalue weighted by atomic mass is 35.5. The molecule has 0 bridgehead atoms. The van der Waals surface area contributed by atoms with Crippen LogP contribution in [0, 0.1) is 0 Å². The van der Waals surface area contributed by atoms with E-state index in [9.17, 15) is 13.2 Å². The minimum atomic E-state index is -4.02. The smallest absolute Gasteiger partial charge is 0.339 e. The number of para-hydroxylation sites is 1. The van der Waals surface area contributed by atoms with Crippen LogP contribution in [-0.4, -0.2) is 18.6 Å². The number of thiocarbonyl (C=S) groups is 1. The fourth-order valence-corrected chi connectivity index (χ4v) is 5.33. The number of benzene rings is 3. The molecule has 9 heteroatoms. The van der Waals surface area contributed by atoms with Crippen LogP contribution < -0.4 is 9.08 Å². The van der Waals surface area contributed by atoms with E-state index in [2.05, 4.69) is 0 Å². The molecule has 31 heavy (non-hydrogen) atoms. The number of anilines is 1. The van der Waals surface area contributed by atoms with Crippen molar-refractivity contribution in [2.75, 3.05) is 4.90 Å². The molecule has 0 aliphatic carbocycles. The second-order valence-electron chi connectivity index (χ2n) is 6.39. The Kier molecular flexibility index (Phi) is 6.15. The van der Waals surface area contributed by atoms with Gasteiger partial charge in [0.15, 0.2) is 4.32 Å². The number of rotatable bonds is 5. The summed E-state index contributed by atoms with van der Waals surface area (Å²) in [7, 11) is -4.02.